The molecule has 0 aromatic carbocycles. The van der Waals surface area contributed by atoms with Crippen LogP contribution in [-0.2, 0) is 13.6 Å². The van der Waals surface area contributed by atoms with Gasteiger partial charge in [0.1, 0.15) is 5.15 Å². The summed E-state index contributed by atoms with van der Waals surface area (Å²) in [6.07, 6.45) is 2.52. The molecule has 1 saturated heterocycles. The molecule has 1 aliphatic rings. The van der Waals surface area contributed by atoms with Crippen LogP contribution in [0.25, 0.3) is 0 Å². The Morgan fingerprint density at radius 2 is 2.09 bits per heavy atom. The number of likely N-dealkylation sites (tertiary alicyclic amines) is 1. The maximum atomic E-state index is 6.08. The standard InChI is InChI=1S/C15H25Cl2N5.HI/c1-4-18-15(19-9-11-6-5-7-21(11)2)20-10-12-8-13(16)14(17)22(12)3;/h8,11H,4-7,9-10H2,1-3H3,(H2,18,19,20);1H. The largest absolute Gasteiger partial charge is 0.357 e. The average Bonchev–Trinajstić information content (AvgIpc) is 3.01. The second kappa shape index (κ2) is 9.96. The van der Waals surface area contributed by atoms with Gasteiger partial charge in [0.25, 0.3) is 0 Å². The van der Waals surface area contributed by atoms with Gasteiger partial charge in [0.05, 0.1) is 11.6 Å². The summed E-state index contributed by atoms with van der Waals surface area (Å²) < 4.78 is 1.86. The highest BCUT2D eigenvalue weighted by Gasteiger charge is 2.20. The summed E-state index contributed by atoms with van der Waals surface area (Å²) in [7, 11) is 4.07. The van der Waals surface area contributed by atoms with E-state index < -0.39 is 0 Å². The number of nitrogens with zero attached hydrogens (tertiary/aromatic N) is 3. The molecular weight excluding hydrogens is 448 g/mol. The van der Waals surface area contributed by atoms with Crippen molar-refractivity contribution in [2.24, 2.45) is 12.0 Å². The van der Waals surface area contributed by atoms with Gasteiger partial charge in [-0.25, -0.2) is 4.99 Å². The minimum atomic E-state index is 0. The zero-order valence-corrected chi connectivity index (χ0v) is 17.7. The summed E-state index contributed by atoms with van der Waals surface area (Å²) in [5.41, 5.74) is 0.991. The second-order valence-corrected chi connectivity index (χ2v) is 6.45. The van der Waals surface area contributed by atoms with Crippen LogP contribution in [-0.4, -0.2) is 48.2 Å². The molecule has 5 nitrogen and oxygen atoms in total. The SMILES string of the molecule is CCNC(=NCc1cc(Cl)c(Cl)n1C)NCC1CCCN1C.I. The molecule has 0 radical (unpaired) electrons. The molecule has 1 aromatic rings. The number of guanidine groups is 1. The Hall–Kier alpha value is -0.180. The maximum Gasteiger partial charge on any atom is 0.191 e. The fraction of sp³-hybridized carbons (Fsp3) is 0.667. The summed E-state index contributed by atoms with van der Waals surface area (Å²) in [5.74, 6) is 0.830. The van der Waals surface area contributed by atoms with Crippen LogP contribution in [0.5, 0.6) is 0 Å². The predicted octanol–water partition coefficient (Wildman–Crippen LogP) is 3.10. The third-order valence-electron chi connectivity index (χ3n) is 4.14. The molecular formula is C15H26Cl2IN5. The number of rotatable bonds is 5. The van der Waals surface area contributed by atoms with E-state index in [4.69, 9.17) is 23.2 Å². The zero-order valence-electron chi connectivity index (χ0n) is 13.9. The van der Waals surface area contributed by atoms with E-state index in [9.17, 15) is 0 Å². The average molecular weight is 474 g/mol. The van der Waals surface area contributed by atoms with Crippen molar-refractivity contribution in [2.45, 2.75) is 32.4 Å². The molecule has 0 aliphatic carbocycles. The van der Waals surface area contributed by atoms with E-state index >= 15 is 0 Å². The molecule has 1 aromatic heterocycles. The van der Waals surface area contributed by atoms with Crippen molar-refractivity contribution in [2.75, 3.05) is 26.7 Å². The fourth-order valence-corrected chi connectivity index (χ4v) is 3.11. The highest BCUT2D eigenvalue weighted by molar-refractivity contribution is 14.0. The van der Waals surface area contributed by atoms with E-state index in [2.05, 4.69) is 34.5 Å². The number of halogens is 3. The lowest BCUT2D eigenvalue weighted by molar-refractivity contribution is 0.309. The first kappa shape index (κ1) is 20.9. The van der Waals surface area contributed by atoms with Gasteiger partial charge in [0.15, 0.2) is 5.96 Å². The first-order valence-corrected chi connectivity index (χ1v) is 8.50. The molecule has 23 heavy (non-hydrogen) atoms. The van der Waals surface area contributed by atoms with Gasteiger partial charge in [0.2, 0.25) is 0 Å². The number of likely N-dealkylation sites (N-methyl/N-ethyl adjacent to an activating group) is 1. The van der Waals surface area contributed by atoms with Crippen LogP contribution in [0, 0.1) is 0 Å². The molecule has 8 heteroatoms. The topological polar surface area (TPSA) is 44.6 Å². The Balaban J connectivity index is 0.00000264. The number of aliphatic imine (C=N–C) groups is 1. The van der Waals surface area contributed by atoms with Gasteiger partial charge in [-0.3, -0.25) is 0 Å². The number of aromatic nitrogens is 1. The Morgan fingerprint density at radius 1 is 1.35 bits per heavy atom. The summed E-state index contributed by atoms with van der Waals surface area (Å²) in [6.45, 7) is 5.53. The molecule has 1 fully saturated rings. The van der Waals surface area contributed by atoms with Crippen molar-refractivity contribution in [3.8, 4) is 0 Å². The van der Waals surface area contributed by atoms with Crippen molar-refractivity contribution < 1.29 is 0 Å². The van der Waals surface area contributed by atoms with Crippen molar-refractivity contribution in [1.82, 2.24) is 20.1 Å². The lowest BCUT2D eigenvalue weighted by Gasteiger charge is -2.21. The van der Waals surface area contributed by atoms with E-state index in [0.717, 1.165) is 24.7 Å². The van der Waals surface area contributed by atoms with Crippen LogP contribution in [0.4, 0.5) is 0 Å². The van der Waals surface area contributed by atoms with E-state index in [1.165, 1.54) is 19.4 Å². The number of hydrogen-bond acceptors (Lipinski definition) is 2. The fourth-order valence-electron chi connectivity index (χ4n) is 2.69. The van der Waals surface area contributed by atoms with E-state index in [1.807, 2.05) is 17.7 Å². The Bertz CT molecular complexity index is 532. The van der Waals surface area contributed by atoms with Crippen molar-refractivity contribution in [3.63, 3.8) is 0 Å². The van der Waals surface area contributed by atoms with E-state index in [-0.39, 0.29) is 24.0 Å². The van der Waals surface area contributed by atoms with Gasteiger partial charge in [-0.1, -0.05) is 23.2 Å². The predicted molar refractivity (Wildman–Crippen MR) is 109 cm³/mol. The molecule has 0 amide bonds. The smallest absolute Gasteiger partial charge is 0.191 e. The molecule has 1 atom stereocenters. The molecule has 0 saturated carbocycles. The van der Waals surface area contributed by atoms with Crippen LogP contribution in [0.1, 0.15) is 25.5 Å². The van der Waals surface area contributed by atoms with Gasteiger partial charge in [-0.2, -0.15) is 0 Å². The van der Waals surface area contributed by atoms with Crippen molar-refractivity contribution in [3.05, 3.63) is 21.9 Å². The van der Waals surface area contributed by atoms with Gasteiger partial charge in [-0.15, -0.1) is 24.0 Å². The van der Waals surface area contributed by atoms with Crippen LogP contribution < -0.4 is 10.6 Å². The number of hydrogen-bond donors (Lipinski definition) is 2. The number of nitrogens with one attached hydrogen (secondary N) is 2. The van der Waals surface area contributed by atoms with Crippen LogP contribution in [0.3, 0.4) is 0 Å². The summed E-state index contributed by atoms with van der Waals surface area (Å²) in [4.78, 5) is 7.02. The molecule has 0 bridgehead atoms. The Morgan fingerprint density at radius 3 is 2.61 bits per heavy atom. The molecule has 2 N–H and O–H groups in total. The lowest BCUT2D eigenvalue weighted by atomic mass is 10.2. The van der Waals surface area contributed by atoms with Gasteiger partial charge >= 0.3 is 0 Å². The molecule has 132 valence electrons. The highest BCUT2D eigenvalue weighted by atomic mass is 127. The van der Waals surface area contributed by atoms with Gasteiger partial charge < -0.3 is 20.1 Å². The molecule has 2 rings (SSSR count). The highest BCUT2D eigenvalue weighted by Crippen LogP contribution is 2.25. The summed E-state index contributed by atoms with van der Waals surface area (Å²) in [5, 5.41) is 7.83. The van der Waals surface area contributed by atoms with Crippen molar-refractivity contribution >= 4 is 53.1 Å². The van der Waals surface area contributed by atoms with Gasteiger partial charge in [-0.05, 0) is 39.4 Å². The quantitative estimate of drug-likeness (QED) is 0.392. The Kier molecular flexibility index (Phi) is 9.03. The Labute approximate surface area is 165 Å². The summed E-state index contributed by atoms with van der Waals surface area (Å²) in [6, 6.07) is 2.45. The van der Waals surface area contributed by atoms with Crippen LogP contribution in [0.2, 0.25) is 10.2 Å². The molecule has 0 spiro atoms. The van der Waals surface area contributed by atoms with Crippen LogP contribution >= 0.6 is 47.2 Å². The van der Waals surface area contributed by atoms with Crippen LogP contribution in [0.15, 0.2) is 11.1 Å². The van der Waals surface area contributed by atoms with Crippen molar-refractivity contribution in [1.29, 1.82) is 0 Å². The first-order valence-electron chi connectivity index (χ1n) is 7.75. The van der Waals surface area contributed by atoms with E-state index in [0.29, 0.717) is 22.8 Å². The first-order chi connectivity index (χ1) is 10.5. The zero-order chi connectivity index (χ0) is 16.1. The monoisotopic (exact) mass is 473 g/mol. The maximum absolute atomic E-state index is 6.08. The third-order valence-corrected chi connectivity index (χ3v) is 4.98. The summed E-state index contributed by atoms with van der Waals surface area (Å²) >= 11 is 12.1. The normalized spacial score (nSPS) is 18.8. The minimum absolute atomic E-state index is 0. The second-order valence-electron chi connectivity index (χ2n) is 5.69. The van der Waals surface area contributed by atoms with E-state index in [1.54, 1.807) is 0 Å². The molecule has 1 unspecified atom stereocenters. The lowest BCUT2D eigenvalue weighted by Crippen LogP contribution is -2.44. The third kappa shape index (κ3) is 5.69. The molecule has 1 aliphatic heterocycles. The van der Waals surface area contributed by atoms with Gasteiger partial charge in [0, 0.05) is 31.9 Å². The minimum Gasteiger partial charge on any atom is -0.357 e. The molecule has 2 heterocycles.